The summed E-state index contributed by atoms with van der Waals surface area (Å²) in [6.07, 6.45) is -2.08. The molecule has 13 nitrogen and oxygen atoms in total. The van der Waals surface area contributed by atoms with Gasteiger partial charge in [0.15, 0.2) is 0 Å². The van der Waals surface area contributed by atoms with E-state index in [0.29, 0.717) is 12.0 Å². The number of aliphatic hydroxyl groups excluding tert-OH is 2. The average Bonchev–Trinajstić information content (AvgIpc) is 2.88. The zero-order chi connectivity index (χ0) is 29.9. The van der Waals surface area contributed by atoms with E-state index in [0.717, 1.165) is 0 Å². The predicted molar refractivity (Wildman–Crippen MR) is 142 cm³/mol. The van der Waals surface area contributed by atoms with Crippen molar-refractivity contribution in [3.8, 4) is 0 Å². The Hall–Kier alpha value is -3.55. The maximum atomic E-state index is 13.3. The van der Waals surface area contributed by atoms with Gasteiger partial charge >= 0.3 is 5.97 Å². The molecule has 0 unspecified atom stereocenters. The van der Waals surface area contributed by atoms with Crippen molar-refractivity contribution in [1.29, 1.82) is 0 Å². The number of carboxylic acids is 1. The summed E-state index contributed by atoms with van der Waals surface area (Å²) in [5.74, 6) is -4.89. The van der Waals surface area contributed by atoms with E-state index in [1.807, 2.05) is 0 Å². The summed E-state index contributed by atoms with van der Waals surface area (Å²) >= 11 is 0. The lowest BCUT2D eigenvalue weighted by molar-refractivity contribution is -0.144. The molecule has 1 aromatic carbocycles. The van der Waals surface area contributed by atoms with Crippen LogP contribution < -0.4 is 27.0 Å². The van der Waals surface area contributed by atoms with Gasteiger partial charge < -0.3 is 42.3 Å². The van der Waals surface area contributed by atoms with Gasteiger partial charge in [-0.25, -0.2) is 4.79 Å². The van der Waals surface area contributed by atoms with Gasteiger partial charge in [-0.1, -0.05) is 50.6 Å². The number of carbonyl (C=O) groups excluding carboxylic acids is 4. The minimum atomic E-state index is -1.51. The third kappa shape index (κ3) is 10.6. The average molecular weight is 552 g/mol. The molecule has 0 heterocycles. The standard InChI is InChI=1S/C26H41N5O8/c1-6-13(2)20(26(38)39)30-25(37)21(16(5)33)31-23(35)18(12-17-10-8-7-9-11-17)29-22(34)14(3)28-24(36)19(27)15(4)32/h7-11,13-16,18-21,32-33H,6,12,27H2,1-5H3,(H,28,36)(H,29,34)(H,30,37)(H,31,35)(H,38,39)/t13-,14-,15+,16+,18-,19-,20-,21-/m0/s1. The van der Waals surface area contributed by atoms with Crippen LogP contribution in [0.4, 0.5) is 0 Å². The van der Waals surface area contributed by atoms with E-state index in [1.54, 1.807) is 44.2 Å². The first-order chi connectivity index (χ1) is 18.2. The van der Waals surface area contributed by atoms with E-state index in [-0.39, 0.29) is 6.42 Å². The maximum absolute atomic E-state index is 13.3. The number of hydrogen-bond acceptors (Lipinski definition) is 8. The summed E-state index contributed by atoms with van der Waals surface area (Å²) < 4.78 is 0. The monoisotopic (exact) mass is 551 g/mol. The van der Waals surface area contributed by atoms with Gasteiger partial charge in [-0.2, -0.15) is 0 Å². The first kappa shape index (κ1) is 33.5. The fourth-order valence-corrected chi connectivity index (χ4v) is 3.54. The molecule has 1 aromatic rings. The Balaban J connectivity index is 3.11. The highest BCUT2D eigenvalue weighted by atomic mass is 16.4. The van der Waals surface area contributed by atoms with Gasteiger partial charge in [-0.05, 0) is 32.3 Å². The Bertz CT molecular complexity index is 988. The number of aliphatic hydroxyl groups is 2. The summed E-state index contributed by atoms with van der Waals surface area (Å²) in [7, 11) is 0. The normalized spacial score (nSPS) is 17.2. The van der Waals surface area contributed by atoms with Crippen LogP contribution in [-0.2, 0) is 30.4 Å². The van der Waals surface area contributed by atoms with Crippen LogP contribution in [0.25, 0.3) is 0 Å². The van der Waals surface area contributed by atoms with Gasteiger partial charge in [-0.3, -0.25) is 19.2 Å². The number of carbonyl (C=O) groups is 5. The van der Waals surface area contributed by atoms with Crippen LogP contribution in [0.1, 0.15) is 46.6 Å². The van der Waals surface area contributed by atoms with Gasteiger partial charge in [0.25, 0.3) is 0 Å². The van der Waals surface area contributed by atoms with Crippen LogP contribution in [0.15, 0.2) is 30.3 Å². The van der Waals surface area contributed by atoms with Gasteiger partial charge in [-0.15, -0.1) is 0 Å². The lowest BCUT2D eigenvalue weighted by Crippen LogP contribution is -2.61. The molecule has 0 aromatic heterocycles. The first-order valence-corrected chi connectivity index (χ1v) is 12.8. The molecular weight excluding hydrogens is 510 g/mol. The minimum absolute atomic E-state index is 0.00500. The molecule has 8 atom stereocenters. The Kier molecular flexibility index (Phi) is 13.5. The van der Waals surface area contributed by atoms with Crippen molar-refractivity contribution in [2.75, 3.05) is 0 Å². The van der Waals surface area contributed by atoms with Crippen LogP contribution in [0, 0.1) is 5.92 Å². The van der Waals surface area contributed by atoms with Crippen molar-refractivity contribution in [2.45, 2.75) is 89.9 Å². The third-order valence-corrected chi connectivity index (χ3v) is 6.33. The van der Waals surface area contributed by atoms with E-state index in [4.69, 9.17) is 5.73 Å². The fourth-order valence-electron chi connectivity index (χ4n) is 3.54. The summed E-state index contributed by atoms with van der Waals surface area (Å²) in [6, 6.07) is 2.31. The Labute approximate surface area is 227 Å². The number of nitrogens with two attached hydrogens (primary N) is 1. The number of nitrogens with one attached hydrogen (secondary N) is 4. The number of hydrogen-bond donors (Lipinski definition) is 8. The van der Waals surface area contributed by atoms with Crippen molar-refractivity contribution < 1.29 is 39.3 Å². The Morgan fingerprint density at radius 2 is 1.33 bits per heavy atom. The van der Waals surface area contributed by atoms with Crippen molar-refractivity contribution in [2.24, 2.45) is 11.7 Å². The van der Waals surface area contributed by atoms with Gasteiger partial charge in [0.1, 0.15) is 30.2 Å². The van der Waals surface area contributed by atoms with E-state index >= 15 is 0 Å². The second kappa shape index (κ2) is 15.8. The predicted octanol–water partition coefficient (Wildman–Crippen LogP) is -1.59. The number of benzene rings is 1. The minimum Gasteiger partial charge on any atom is -0.480 e. The molecule has 0 aliphatic carbocycles. The molecule has 0 saturated carbocycles. The zero-order valence-electron chi connectivity index (χ0n) is 22.9. The number of aliphatic carboxylic acids is 1. The SMILES string of the molecule is CC[C@H](C)[C@H](NC(=O)[C@@H](NC(=O)[C@H](Cc1ccccc1)NC(=O)[C@H](C)NC(=O)[C@@H](N)[C@@H](C)O)[C@@H](C)O)C(=O)O. The van der Waals surface area contributed by atoms with Crippen molar-refractivity contribution in [1.82, 2.24) is 21.3 Å². The fraction of sp³-hybridized carbons (Fsp3) is 0.577. The molecule has 218 valence electrons. The lowest BCUT2D eigenvalue weighted by Gasteiger charge is -2.28. The zero-order valence-corrected chi connectivity index (χ0v) is 22.9. The van der Waals surface area contributed by atoms with Crippen LogP contribution in [0.3, 0.4) is 0 Å². The molecule has 9 N–H and O–H groups in total. The molecule has 39 heavy (non-hydrogen) atoms. The second-order valence-corrected chi connectivity index (χ2v) is 9.68. The third-order valence-electron chi connectivity index (χ3n) is 6.33. The summed E-state index contributed by atoms with van der Waals surface area (Å²) in [4.78, 5) is 62.8. The summed E-state index contributed by atoms with van der Waals surface area (Å²) in [6.45, 7) is 7.36. The van der Waals surface area contributed by atoms with Crippen LogP contribution in [0.2, 0.25) is 0 Å². The summed E-state index contributed by atoms with van der Waals surface area (Å²) in [5.41, 5.74) is 6.27. The molecule has 1 rings (SSSR count). The van der Waals surface area contributed by atoms with Gasteiger partial charge in [0.05, 0.1) is 12.2 Å². The molecule has 0 saturated heterocycles. The highest BCUT2D eigenvalue weighted by molar-refractivity contribution is 5.95. The van der Waals surface area contributed by atoms with Crippen molar-refractivity contribution >= 4 is 29.6 Å². The molecule has 0 fully saturated rings. The molecular formula is C26H41N5O8. The van der Waals surface area contributed by atoms with Crippen molar-refractivity contribution in [3.05, 3.63) is 35.9 Å². The van der Waals surface area contributed by atoms with Crippen LogP contribution >= 0.6 is 0 Å². The van der Waals surface area contributed by atoms with E-state index in [1.165, 1.54) is 20.8 Å². The molecule has 0 aliphatic heterocycles. The largest absolute Gasteiger partial charge is 0.480 e. The van der Waals surface area contributed by atoms with Crippen molar-refractivity contribution in [3.63, 3.8) is 0 Å². The van der Waals surface area contributed by atoms with E-state index in [9.17, 15) is 39.3 Å². The maximum Gasteiger partial charge on any atom is 0.326 e. The quantitative estimate of drug-likeness (QED) is 0.126. The number of carboxylic acid groups (broad SMARTS) is 1. The Morgan fingerprint density at radius 3 is 1.82 bits per heavy atom. The number of rotatable bonds is 15. The summed E-state index contributed by atoms with van der Waals surface area (Å²) in [5, 5.41) is 38.9. The lowest BCUT2D eigenvalue weighted by atomic mass is 9.98. The Morgan fingerprint density at radius 1 is 0.769 bits per heavy atom. The molecule has 0 radical (unpaired) electrons. The smallest absolute Gasteiger partial charge is 0.326 e. The highest BCUT2D eigenvalue weighted by Gasteiger charge is 2.34. The number of amides is 4. The van der Waals surface area contributed by atoms with E-state index < -0.39 is 77.9 Å². The molecule has 4 amide bonds. The topological polar surface area (TPSA) is 220 Å². The molecule has 13 heteroatoms. The second-order valence-electron chi connectivity index (χ2n) is 9.68. The first-order valence-electron chi connectivity index (χ1n) is 12.8. The van der Waals surface area contributed by atoms with E-state index in [2.05, 4.69) is 21.3 Å². The molecule has 0 bridgehead atoms. The highest BCUT2D eigenvalue weighted by Crippen LogP contribution is 2.10. The van der Waals surface area contributed by atoms with Gasteiger partial charge in [0.2, 0.25) is 23.6 Å². The molecule has 0 aliphatic rings. The van der Waals surface area contributed by atoms with Crippen LogP contribution in [0.5, 0.6) is 0 Å². The van der Waals surface area contributed by atoms with Gasteiger partial charge in [0, 0.05) is 6.42 Å². The van der Waals surface area contributed by atoms with Crippen LogP contribution in [-0.4, -0.2) is 87.3 Å². The molecule has 0 spiro atoms.